The maximum absolute atomic E-state index is 11.1. The number of carbonyl (C=O) groups is 1. The Bertz CT molecular complexity index is 397. The predicted octanol–water partition coefficient (Wildman–Crippen LogP) is 3.09. The van der Waals surface area contributed by atoms with E-state index in [2.05, 4.69) is 11.8 Å². The number of hydrogen-bond donors (Lipinski definition) is 0. The highest BCUT2D eigenvalue weighted by molar-refractivity contribution is 8.00. The zero-order valence-electron chi connectivity index (χ0n) is 9.15. The largest absolute Gasteiger partial charge is 0.369 e. The molecule has 4 heteroatoms. The summed E-state index contributed by atoms with van der Waals surface area (Å²) in [5.41, 5.74) is 1.58. The molecule has 1 aromatic carbocycles. The van der Waals surface area contributed by atoms with Crippen LogP contribution in [0.5, 0.6) is 0 Å². The van der Waals surface area contributed by atoms with Gasteiger partial charge in [0.25, 0.3) is 0 Å². The average Bonchev–Trinajstić information content (AvgIpc) is 2.28. The molecule has 86 valence electrons. The van der Waals surface area contributed by atoms with E-state index in [9.17, 15) is 4.79 Å². The summed E-state index contributed by atoms with van der Waals surface area (Å²) in [5, 5.41) is 1.14. The van der Waals surface area contributed by atoms with Gasteiger partial charge in [0.1, 0.15) is 0 Å². The van der Waals surface area contributed by atoms with Crippen molar-refractivity contribution in [3.05, 3.63) is 28.8 Å². The van der Waals surface area contributed by atoms with E-state index in [0.29, 0.717) is 15.8 Å². The standard InChI is InChI=1S/C12H14ClNOS/c1-9-7-14(5-6-16-9)12-4-2-3-11(13)10(12)8-15/h2-4,8-9H,5-7H2,1H3. The van der Waals surface area contributed by atoms with Gasteiger partial charge in [-0.1, -0.05) is 24.6 Å². The van der Waals surface area contributed by atoms with Crippen molar-refractivity contribution < 1.29 is 4.79 Å². The lowest BCUT2D eigenvalue weighted by molar-refractivity contribution is 0.112. The number of benzene rings is 1. The molecule has 0 aliphatic carbocycles. The molecule has 1 aliphatic rings. The van der Waals surface area contributed by atoms with Crippen molar-refractivity contribution in [2.24, 2.45) is 0 Å². The molecule has 1 atom stereocenters. The molecule has 1 aromatic rings. The number of hydrogen-bond acceptors (Lipinski definition) is 3. The Balaban J connectivity index is 2.32. The van der Waals surface area contributed by atoms with Crippen molar-refractivity contribution in [2.75, 3.05) is 23.7 Å². The van der Waals surface area contributed by atoms with Gasteiger partial charge in [-0.15, -0.1) is 0 Å². The second-order valence-electron chi connectivity index (χ2n) is 3.92. The summed E-state index contributed by atoms with van der Waals surface area (Å²) in [5.74, 6) is 1.10. The Kier molecular flexibility index (Phi) is 3.77. The van der Waals surface area contributed by atoms with Crippen LogP contribution in [0, 0.1) is 0 Å². The first kappa shape index (κ1) is 11.8. The highest BCUT2D eigenvalue weighted by Gasteiger charge is 2.19. The molecule has 1 aliphatic heterocycles. The van der Waals surface area contributed by atoms with E-state index in [-0.39, 0.29) is 0 Å². The summed E-state index contributed by atoms with van der Waals surface area (Å²) in [4.78, 5) is 13.3. The highest BCUT2D eigenvalue weighted by Crippen LogP contribution is 2.29. The van der Waals surface area contributed by atoms with Gasteiger partial charge in [0.05, 0.1) is 10.6 Å². The summed E-state index contributed by atoms with van der Waals surface area (Å²) >= 11 is 7.99. The van der Waals surface area contributed by atoms with Gasteiger partial charge in [0.2, 0.25) is 0 Å². The van der Waals surface area contributed by atoms with Crippen LogP contribution >= 0.6 is 23.4 Å². The molecule has 2 nitrogen and oxygen atoms in total. The summed E-state index contributed by atoms with van der Waals surface area (Å²) in [7, 11) is 0. The van der Waals surface area contributed by atoms with Crippen LogP contribution in [0.2, 0.25) is 5.02 Å². The second kappa shape index (κ2) is 5.11. The smallest absolute Gasteiger partial charge is 0.153 e. The van der Waals surface area contributed by atoms with E-state index in [0.717, 1.165) is 30.8 Å². The fourth-order valence-corrected chi connectivity index (χ4v) is 3.18. The van der Waals surface area contributed by atoms with Gasteiger partial charge in [-0.25, -0.2) is 0 Å². The molecule has 1 saturated heterocycles. The van der Waals surface area contributed by atoms with Crippen LogP contribution in [0.4, 0.5) is 5.69 Å². The zero-order valence-corrected chi connectivity index (χ0v) is 10.7. The van der Waals surface area contributed by atoms with Crippen molar-refractivity contribution >= 4 is 35.3 Å². The normalized spacial score (nSPS) is 20.9. The zero-order chi connectivity index (χ0) is 11.5. The molecule has 2 rings (SSSR count). The number of rotatable bonds is 2. The van der Waals surface area contributed by atoms with Crippen molar-refractivity contribution in [1.29, 1.82) is 0 Å². The van der Waals surface area contributed by atoms with Crippen LogP contribution in [0.1, 0.15) is 17.3 Å². The molecule has 16 heavy (non-hydrogen) atoms. The fourth-order valence-electron chi connectivity index (χ4n) is 1.96. The Morgan fingerprint density at radius 3 is 3.06 bits per heavy atom. The summed E-state index contributed by atoms with van der Waals surface area (Å²) in [6, 6.07) is 5.63. The minimum atomic E-state index is 0.540. The van der Waals surface area contributed by atoms with E-state index < -0.39 is 0 Å². The van der Waals surface area contributed by atoms with Gasteiger partial charge in [0.15, 0.2) is 6.29 Å². The van der Waals surface area contributed by atoms with Crippen LogP contribution in [-0.4, -0.2) is 30.4 Å². The summed E-state index contributed by atoms with van der Waals surface area (Å²) < 4.78 is 0. The molecule has 1 unspecified atom stereocenters. The lowest BCUT2D eigenvalue weighted by Gasteiger charge is -2.33. The van der Waals surface area contributed by atoms with E-state index in [1.165, 1.54) is 0 Å². The second-order valence-corrected chi connectivity index (χ2v) is 5.87. The number of anilines is 1. The SMILES string of the molecule is CC1CN(c2cccc(Cl)c2C=O)CCS1. The van der Waals surface area contributed by atoms with Gasteiger partial charge in [-0.3, -0.25) is 4.79 Å². The van der Waals surface area contributed by atoms with Crippen molar-refractivity contribution in [3.8, 4) is 0 Å². The van der Waals surface area contributed by atoms with Gasteiger partial charge in [-0.2, -0.15) is 11.8 Å². The van der Waals surface area contributed by atoms with Gasteiger partial charge in [0, 0.05) is 29.8 Å². The van der Waals surface area contributed by atoms with Crippen LogP contribution in [0.15, 0.2) is 18.2 Å². The molecule has 0 aromatic heterocycles. The molecule has 0 saturated carbocycles. The molecule has 0 N–H and O–H groups in total. The quantitative estimate of drug-likeness (QED) is 0.758. The minimum Gasteiger partial charge on any atom is -0.369 e. The predicted molar refractivity (Wildman–Crippen MR) is 71.0 cm³/mol. The van der Waals surface area contributed by atoms with Crippen LogP contribution in [0.3, 0.4) is 0 Å². The Labute approximate surface area is 105 Å². The molecule has 0 spiro atoms. The third kappa shape index (κ3) is 2.36. The summed E-state index contributed by atoms with van der Waals surface area (Å²) in [6.45, 7) is 4.17. The lowest BCUT2D eigenvalue weighted by Crippen LogP contribution is -2.37. The first-order valence-electron chi connectivity index (χ1n) is 5.32. The Hall–Kier alpha value is -0.670. The third-order valence-corrected chi connectivity index (χ3v) is 4.20. The number of aldehydes is 1. The van der Waals surface area contributed by atoms with Gasteiger partial charge in [-0.05, 0) is 12.1 Å². The van der Waals surface area contributed by atoms with Crippen molar-refractivity contribution in [3.63, 3.8) is 0 Å². The van der Waals surface area contributed by atoms with Crippen LogP contribution in [-0.2, 0) is 0 Å². The third-order valence-electron chi connectivity index (χ3n) is 2.73. The number of halogens is 1. The molecular formula is C12H14ClNOS. The number of carbonyl (C=O) groups excluding carboxylic acids is 1. The number of nitrogens with zero attached hydrogens (tertiary/aromatic N) is 1. The van der Waals surface area contributed by atoms with E-state index in [1.807, 2.05) is 23.9 Å². The first-order valence-corrected chi connectivity index (χ1v) is 6.75. The first-order chi connectivity index (χ1) is 7.72. The maximum atomic E-state index is 11.1. The van der Waals surface area contributed by atoms with Crippen molar-refractivity contribution in [1.82, 2.24) is 0 Å². The van der Waals surface area contributed by atoms with Crippen LogP contribution < -0.4 is 4.90 Å². The molecule has 0 radical (unpaired) electrons. The Morgan fingerprint density at radius 1 is 1.56 bits per heavy atom. The fraction of sp³-hybridized carbons (Fsp3) is 0.417. The van der Waals surface area contributed by atoms with Gasteiger partial charge < -0.3 is 4.90 Å². The van der Waals surface area contributed by atoms with Crippen molar-refractivity contribution in [2.45, 2.75) is 12.2 Å². The topological polar surface area (TPSA) is 20.3 Å². The Morgan fingerprint density at radius 2 is 2.38 bits per heavy atom. The lowest BCUT2D eigenvalue weighted by atomic mass is 10.1. The molecule has 0 bridgehead atoms. The molecule has 1 fully saturated rings. The summed E-state index contributed by atoms with van der Waals surface area (Å²) in [6.07, 6.45) is 0.851. The highest BCUT2D eigenvalue weighted by atomic mass is 35.5. The monoisotopic (exact) mass is 255 g/mol. The molecule has 0 amide bonds. The van der Waals surface area contributed by atoms with E-state index in [4.69, 9.17) is 11.6 Å². The molecule has 1 heterocycles. The average molecular weight is 256 g/mol. The van der Waals surface area contributed by atoms with Crippen LogP contribution in [0.25, 0.3) is 0 Å². The minimum absolute atomic E-state index is 0.540. The van der Waals surface area contributed by atoms with E-state index >= 15 is 0 Å². The molecular weight excluding hydrogens is 242 g/mol. The number of thioether (sulfide) groups is 1. The van der Waals surface area contributed by atoms with Gasteiger partial charge >= 0.3 is 0 Å². The maximum Gasteiger partial charge on any atom is 0.153 e. The van der Waals surface area contributed by atoms with E-state index in [1.54, 1.807) is 6.07 Å².